The van der Waals surface area contributed by atoms with Crippen LogP contribution in [0.25, 0.3) is 22.2 Å². The maximum absolute atomic E-state index is 13.0. The Balaban J connectivity index is 1.69. The number of carbonyl (C=O) groups is 1. The molecular formula is C25H19Cl2N3O3. The first-order valence-corrected chi connectivity index (χ1v) is 10.7. The van der Waals surface area contributed by atoms with Crippen molar-refractivity contribution in [2.45, 2.75) is 0 Å². The van der Waals surface area contributed by atoms with E-state index in [4.69, 9.17) is 37.7 Å². The van der Waals surface area contributed by atoms with Crippen LogP contribution in [-0.4, -0.2) is 31.3 Å². The predicted octanol–water partition coefficient (Wildman–Crippen LogP) is 5.99. The van der Waals surface area contributed by atoms with E-state index in [-0.39, 0.29) is 5.91 Å². The van der Waals surface area contributed by atoms with E-state index in [1.165, 1.54) is 6.21 Å². The van der Waals surface area contributed by atoms with Crippen molar-refractivity contribution in [3.8, 4) is 22.8 Å². The molecule has 0 saturated carbocycles. The molecule has 8 heteroatoms. The SMILES string of the molecule is COc1ccc(-c2cc(C(=O)N/N=C\c3ccc(Cl)c(Cl)c3)c3ccccc3n2)cc1OC. The lowest BCUT2D eigenvalue weighted by Gasteiger charge is -2.12. The van der Waals surface area contributed by atoms with Crippen LogP contribution in [0.4, 0.5) is 0 Å². The third-order valence-corrected chi connectivity index (χ3v) is 5.70. The zero-order chi connectivity index (χ0) is 23.4. The van der Waals surface area contributed by atoms with Crippen LogP contribution in [0.15, 0.2) is 71.8 Å². The minimum absolute atomic E-state index is 0.369. The molecule has 0 bridgehead atoms. The number of nitrogens with one attached hydrogen (secondary N) is 1. The van der Waals surface area contributed by atoms with E-state index in [2.05, 4.69) is 10.5 Å². The molecule has 0 saturated heterocycles. The fraction of sp³-hybridized carbons (Fsp3) is 0.0800. The quantitative estimate of drug-likeness (QED) is 0.272. The second kappa shape index (κ2) is 9.90. The molecule has 1 heterocycles. The molecule has 1 amide bonds. The minimum Gasteiger partial charge on any atom is -0.493 e. The molecular weight excluding hydrogens is 461 g/mol. The summed E-state index contributed by atoms with van der Waals surface area (Å²) in [7, 11) is 3.15. The van der Waals surface area contributed by atoms with Gasteiger partial charge in [0.05, 0.1) is 47.3 Å². The Kier molecular flexibility index (Phi) is 6.77. The largest absolute Gasteiger partial charge is 0.493 e. The van der Waals surface area contributed by atoms with E-state index in [1.807, 2.05) is 36.4 Å². The van der Waals surface area contributed by atoms with Gasteiger partial charge in [0, 0.05) is 10.9 Å². The van der Waals surface area contributed by atoms with Crippen LogP contribution < -0.4 is 14.9 Å². The van der Waals surface area contributed by atoms with Gasteiger partial charge in [0.25, 0.3) is 5.91 Å². The molecule has 4 aromatic rings. The number of benzene rings is 3. The summed E-state index contributed by atoms with van der Waals surface area (Å²) in [5, 5.41) is 5.63. The summed E-state index contributed by atoms with van der Waals surface area (Å²) in [6, 6.07) is 19.7. The minimum atomic E-state index is -0.369. The second-order valence-electron chi connectivity index (χ2n) is 7.01. The van der Waals surface area contributed by atoms with Gasteiger partial charge in [0.2, 0.25) is 0 Å². The third kappa shape index (κ3) is 4.92. The van der Waals surface area contributed by atoms with E-state index in [0.29, 0.717) is 49.3 Å². The Morgan fingerprint density at radius 3 is 2.48 bits per heavy atom. The van der Waals surface area contributed by atoms with Gasteiger partial charge in [-0.15, -0.1) is 0 Å². The number of hydrogen-bond acceptors (Lipinski definition) is 5. The van der Waals surface area contributed by atoms with E-state index in [1.54, 1.807) is 44.6 Å². The molecule has 1 N–H and O–H groups in total. The van der Waals surface area contributed by atoms with Crippen LogP contribution in [0.3, 0.4) is 0 Å². The lowest BCUT2D eigenvalue weighted by molar-refractivity contribution is 0.0956. The molecule has 33 heavy (non-hydrogen) atoms. The number of methoxy groups -OCH3 is 2. The molecule has 3 aromatic carbocycles. The van der Waals surface area contributed by atoms with Gasteiger partial charge in [-0.05, 0) is 48.0 Å². The smallest absolute Gasteiger partial charge is 0.272 e. The van der Waals surface area contributed by atoms with Gasteiger partial charge in [-0.1, -0.05) is 47.5 Å². The number of carbonyl (C=O) groups excluding carboxylic acids is 1. The zero-order valence-corrected chi connectivity index (χ0v) is 19.3. The van der Waals surface area contributed by atoms with Crippen LogP contribution in [0.2, 0.25) is 10.0 Å². The molecule has 0 unspecified atom stereocenters. The summed E-state index contributed by atoms with van der Waals surface area (Å²) in [5.41, 5.74) is 5.81. The maximum atomic E-state index is 13.0. The number of hydrazone groups is 1. The Morgan fingerprint density at radius 1 is 0.939 bits per heavy atom. The number of aromatic nitrogens is 1. The average molecular weight is 480 g/mol. The Morgan fingerprint density at radius 2 is 1.73 bits per heavy atom. The van der Waals surface area contributed by atoms with Crippen LogP contribution in [0.1, 0.15) is 15.9 Å². The molecule has 0 radical (unpaired) electrons. The number of hydrogen-bond donors (Lipinski definition) is 1. The highest BCUT2D eigenvalue weighted by Crippen LogP contribution is 2.33. The lowest BCUT2D eigenvalue weighted by Crippen LogP contribution is -2.18. The van der Waals surface area contributed by atoms with Crippen molar-refractivity contribution in [2.75, 3.05) is 14.2 Å². The Labute approximate surface area is 200 Å². The molecule has 4 rings (SSSR count). The normalized spacial score (nSPS) is 11.0. The van der Waals surface area contributed by atoms with E-state index in [0.717, 1.165) is 5.56 Å². The van der Waals surface area contributed by atoms with Crippen molar-refractivity contribution in [1.29, 1.82) is 0 Å². The average Bonchev–Trinajstić information content (AvgIpc) is 2.84. The van der Waals surface area contributed by atoms with Crippen molar-refractivity contribution in [3.05, 3.63) is 87.9 Å². The molecule has 0 atom stereocenters. The highest BCUT2D eigenvalue weighted by atomic mass is 35.5. The molecule has 0 spiro atoms. The van der Waals surface area contributed by atoms with Gasteiger partial charge in [0.1, 0.15) is 0 Å². The molecule has 0 aliphatic rings. The maximum Gasteiger partial charge on any atom is 0.272 e. The van der Waals surface area contributed by atoms with Crippen molar-refractivity contribution >= 4 is 46.2 Å². The number of rotatable bonds is 6. The first kappa shape index (κ1) is 22.6. The summed E-state index contributed by atoms with van der Waals surface area (Å²) < 4.78 is 10.7. The van der Waals surface area contributed by atoms with Crippen LogP contribution in [0, 0.1) is 0 Å². The van der Waals surface area contributed by atoms with E-state index >= 15 is 0 Å². The molecule has 6 nitrogen and oxygen atoms in total. The monoisotopic (exact) mass is 479 g/mol. The first-order valence-electron chi connectivity index (χ1n) is 9.91. The highest BCUT2D eigenvalue weighted by Gasteiger charge is 2.15. The van der Waals surface area contributed by atoms with Gasteiger partial charge in [0.15, 0.2) is 11.5 Å². The summed E-state index contributed by atoms with van der Waals surface area (Å²) in [6.45, 7) is 0. The van der Waals surface area contributed by atoms with Crippen LogP contribution >= 0.6 is 23.2 Å². The first-order chi connectivity index (χ1) is 16.0. The Hall–Kier alpha value is -3.61. The van der Waals surface area contributed by atoms with Crippen molar-refractivity contribution in [3.63, 3.8) is 0 Å². The van der Waals surface area contributed by atoms with Crippen LogP contribution in [-0.2, 0) is 0 Å². The fourth-order valence-corrected chi connectivity index (χ4v) is 3.63. The van der Waals surface area contributed by atoms with Crippen molar-refractivity contribution in [1.82, 2.24) is 10.4 Å². The second-order valence-corrected chi connectivity index (χ2v) is 7.83. The van der Waals surface area contributed by atoms with E-state index in [9.17, 15) is 4.79 Å². The number of halogens is 2. The highest BCUT2D eigenvalue weighted by molar-refractivity contribution is 6.42. The number of amides is 1. The summed E-state index contributed by atoms with van der Waals surface area (Å²) in [4.78, 5) is 17.8. The van der Waals surface area contributed by atoms with Crippen molar-refractivity contribution in [2.24, 2.45) is 5.10 Å². The van der Waals surface area contributed by atoms with E-state index < -0.39 is 0 Å². The predicted molar refractivity (Wildman–Crippen MR) is 132 cm³/mol. The zero-order valence-electron chi connectivity index (χ0n) is 17.8. The standard InChI is InChI=1S/C25H19Cl2N3O3/c1-32-23-10-8-16(12-24(23)33-2)22-13-18(17-5-3-4-6-21(17)29-22)25(31)30-28-14-15-7-9-19(26)20(27)11-15/h3-14H,1-2H3,(H,30,31)/b28-14-. The fourth-order valence-electron chi connectivity index (χ4n) is 3.33. The number of fused-ring (bicyclic) bond motifs is 1. The van der Waals surface area contributed by atoms with Gasteiger partial charge < -0.3 is 9.47 Å². The van der Waals surface area contributed by atoms with Gasteiger partial charge in [-0.3, -0.25) is 4.79 Å². The number of para-hydroxylation sites is 1. The number of nitrogens with zero attached hydrogens (tertiary/aromatic N) is 2. The van der Waals surface area contributed by atoms with Gasteiger partial charge in [-0.25, -0.2) is 10.4 Å². The topological polar surface area (TPSA) is 72.8 Å². The number of ether oxygens (including phenoxy) is 2. The molecule has 0 aliphatic heterocycles. The molecule has 0 fully saturated rings. The van der Waals surface area contributed by atoms with Crippen molar-refractivity contribution < 1.29 is 14.3 Å². The molecule has 1 aromatic heterocycles. The summed E-state index contributed by atoms with van der Waals surface area (Å²) in [6.07, 6.45) is 1.50. The van der Waals surface area contributed by atoms with Gasteiger partial charge >= 0.3 is 0 Å². The summed E-state index contributed by atoms with van der Waals surface area (Å²) in [5.74, 6) is 0.811. The molecule has 0 aliphatic carbocycles. The van der Waals surface area contributed by atoms with Crippen LogP contribution in [0.5, 0.6) is 11.5 Å². The van der Waals surface area contributed by atoms with Gasteiger partial charge in [-0.2, -0.15) is 5.10 Å². The Bertz CT molecular complexity index is 1370. The number of pyridine rings is 1. The summed E-state index contributed by atoms with van der Waals surface area (Å²) >= 11 is 12.0. The molecule has 166 valence electrons. The lowest BCUT2D eigenvalue weighted by atomic mass is 10.0. The third-order valence-electron chi connectivity index (χ3n) is 4.96.